The molecule has 0 rings (SSSR count). The number of nitrogens with zero attached hydrogens (tertiary/aromatic N) is 1. The van der Waals surface area contributed by atoms with Crippen LogP contribution in [0.3, 0.4) is 0 Å². The summed E-state index contributed by atoms with van der Waals surface area (Å²) in [4.78, 5) is 50.6. The van der Waals surface area contributed by atoms with Crippen LogP contribution in [-0.2, 0) is 23.8 Å². The van der Waals surface area contributed by atoms with Crippen molar-refractivity contribution in [2.24, 2.45) is 0 Å². The predicted molar refractivity (Wildman–Crippen MR) is 162 cm³/mol. The molecule has 39 heavy (non-hydrogen) atoms. The molecule has 0 saturated heterocycles. The average molecular weight is 567 g/mol. The number of amides is 3. The Bertz CT molecular complexity index is 678. The maximum atomic E-state index is 12.9. The minimum absolute atomic E-state index is 0.0856. The Morgan fingerprint density at radius 2 is 1.08 bits per heavy atom. The van der Waals surface area contributed by atoms with Gasteiger partial charge in [-0.25, -0.2) is 0 Å². The molecule has 1 N–H and O–H groups in total. The summed E-state index contributed by atoms with van der Waals surface area (Å²) in [5, 5.41) is 2.98. The molecule has 0 aromatic heterocycles. The standard InChI is InChI=1S/C30H55BN2O5S/c1-3-5-7-9-11-15-21-27(34)32-25-19-13-17-23-29(36)33(26-20-14-18-24-30(37)38-31-39)28(35)22-16-12-10-8-6-4-2/h3-26H2,1-2H3,(H,32,34). The summed E-state index contributed by atoms with van der Waals surface area (Å²) in [6.45, 7) is 5.41. The first-order valence-corrected chi connectivity index (χ1v) is 16.2. The van der Waals surface area contributed by atoms with Crippen molar-refractivity contribution >= 4 is 42.1 Å². The van der Waals surface area contributed by atoms with Gasteiger partial charge < -0.3 is 5.32 Å². The van der Waals surface area contributed by atoms with Gasteiger partial charge in [0.25, 0.3) is 0 Å². The van der Waals surface area contributed by atoms with Gasteiger partial charge in [0.2, 0.25) is 5.91 Å². The van der Waals surface area contributed by atoms with Gasteiger partial charge >= 0.3 is 131 Å². The van der Waals surface area contributed by atoms with E-state index in [-0.39, 0.29) is 30.1 Å². The second-order valence-corrected chi connectivity index (χ2v) is 10.7. The third kappa shape index (κ3) is 23.9. The molecule has 0 aliphatic rings. The summed E-state index contributed by atoms with van der Waals surface area (Å²) in [5.41, 5.74) is 0. The van der Waals surface area contributed by atoms with Crippen LogP contribution >= 0.6 is 12.1 Å². The normalized spacial score (nSPS) is 10.6. The van der Waals surface area contributed by atoms with Crippen LogP contribution in [0.4, 0.5) is 0 Å². The van der Waals surface area contributed by atoms with Crippen LogP contribution < -0.4 is 5.32 Å². The van der Waals surface area contributed by atoms with Gasteiger partial charge in [-0.15, -0.1) is 0 Å². The second-order valence-electron chi connectivity index (χ2n) is 10.5. The Balaban J connectivity index is 4.30. The van der Waals surface area contributed by atoms with E-state index in [0.717, 1.165) is 57.7 Å². The fraction of sp³-hybridized carbons (Fsp3) is 0.867. The molecule has 0 aromatic rings. The SMILES string of the molecule is CCCCCCCCC(=O)NCCCCCC(=O)N(CCCCCC(=O)OB=S)C(=O)CCCCCCCC. The van der Waals surface area contributed by atoms with Crippen molar-refractivity contribution in [2.75, 3.05) is 13.1 Å². The van der Waals surface area contributed by atoms with Gasteiger partial charge in [-0.1, -0.05) is 71.6 Å². The van der Waals surface area contributed by atoms with Gasteiger partial charge in [-0.2, -0.15) is 0 Å². The van der Waals surface area contributed by atoms with Crippen LogP contribution in [0, 0.1) is 0 Å². The molecule has 0 aliphatic carbocycles. The van der Waals surface area contributed by atoms with Gasteiger partial charge in [0.05, 0.1) is 0 Å². The summed E-state index contributed by atoms with van der Waals surface area (Å²) in [6, 6.07) is 0. The first kappa shape index (κ1) is 37.4. The number of hydrogen-bond acceptors (Lipinski definition) is 6. The number of carbonyl (C=O) groups is 4. The van der Waals surface area contributed by atoms with E-state index in [1.165, 1.54) is 49.8 Å². The van der Waals surface area contributed by atoms with Crippen molar-refractivity contribution in [3.8, 4) is 0 Å². The first-order chi connectivity index (χ1) is 19.0. The van der Waals surface area contributed by atoms with E-state index in [1.807, 2.05) is 0 Å². The molecule has 0 unspecified atom stereocenters. The number of carbonyl (C=O) groups excluding carboxylic acids is 4. The zero-order valence-electron chi connectivity index (χ0n) is 24.9. The minimum Gasteiger partial charge on any atom is -0.0654 e. The Hall–Kier alpha value is -1.64. The van der Waals surface area contributed by atoms with Crippen LogP contribution in [0.1, 0.15) is 155 Å². The molecule has 0 bridgehead atoms. The molecule has 0 heterocycles. The molecule has 7 nitrogen and oxygen atoms in total. The Labute approximate surface area is 244 Å². The number of imide groups is 1. The Kier molecular flexibility index (Phi) is 26.7. The smallest absolute Gasteiger partial charge is 0.0654 e. The molecule has 0 aliphatic heterocycles. The average Bonchev–Trinajstić information content (AvgIpc) is 2.92. The molecule has 0 fully saturated rings. The predicted octanol–water partition coefficient (Wildman–Crippen LogP) is 7.35. The van der Waals surface area contributed by atoms with Gasteiger partial charge in [-0.05, 0) is 12.8 Å². The molecule has 0 aromatic carbocycles. The van der Waals surface area contributed by atoms with Crippen molar-refractivity contribution in [3.05, 3.63) is 0 Å². The van der Waals surface area contributed by atoms with E-state index >= 15 is 0 Å². The zero-order valence-corrected chi connectivity index (χ0v) is 25.8. The van der Waals surface area contributed by atoms with Crippen molar-refractivity contribution in [3.63, 3.8) is 0 Å². The first-order valence-electron chi connectivity index (χ1n) is 15.7. The van der Waals surface area contributed by atoms with Gasteiger partial charge in [0, 0.05) is 13.0 Å². The van der Waals surface area contributed by atoms with Gasteiger partial charge in [-0.3, -0.25) is 4.79 Å². The van der Waals surface area contributed by atoms with E-state index in [1.54, 1.807) is 0 Å². The van der Waals surface area contributed by atoms with E-state index in [0.29, 0.717) is 51.6 Å². The third-order valence-electron chi connectivity index (χ3n) is 6.94. The topological polar surface area (TPSA) is 92.8 Å². The third-order valence-corrected chi connectivity index (χ3v) is 7.03. The molecule has 0 spiro atoms. The number of hydrogen-bond donors (Lipinski definition) is 1. The molecule has 9 heteroatoms. The second kappa shape index (κ2) is 27.9. The molecule has 3 amide bonds. The molecule has 0 saturated carbocycles. The fourth-order valence-electron chi connectivity index (χ4n) is 4.50. The molecular weight excluding hydrogens is 511 g/mol. The Morgan fingerprint density at radius 3 is 1.64 bits per heavy atom. The fourth-order valence-corrected chi connectivity index (χ4v) is 4.61. The van der Waals surface area contributed by atoms with Crippen LogP contribution in [0.25, 0.3) is 0 Å². The van der Waals surface area contributed by atoms with E-state index in [4.69, 9.17) is 0 Å². The van der Waals surface area contributed by atoms with Gasteiger partial charge in [0.15, 0.2) is 0 Å². The summed E-state index contributed by atoms with van der Waals surface area (Å²) in [7, 11) is 0. The van der Waals surface area contributed by atoms with E-state index in [2.05, 4.69) is 35.9 Å². The summed E-state index contributed by atoms with van der Waals surface area (Å²) in [6.07, 6.45) is 20.6. The number of nitrogens with one attached hydrogen (secondary N) is 1. The minimum atomic E-state index is -0.351. The van der Waals surface area contributed by atoms with Crippen molar-refractivity contribution < 1.29 is 23.8 Å². The van der Waals surface area contributed by atoms with Crippen LogP contribution in [0.15, 0.2) is 0 Å². The van der Waals surface area contributed by atoms with Crippen molar-refractivity contribution in [1.29, 1.82) is 0 Å². The van der Waals surface area contributed by atoms with Crippen LogP contribution in [0.2, 0.25) is 0 Å². The van der Waals surface area contributed by atoms with Crippen LogP contribution in [-0.4, -0.2) is 48.0 Å². The quantitative estimate of drug-likeness (QED) is 0.0825. The summed E-state index contributed by atoms with van der Waals surface area (Å²) >= 11 is 4.52. The van der Waals surface area contributed by atoms with E-state index in [9.17, 15) is 19.2 Å². The van der Waals surface area contributed by atoms with Crippen molar-refractivity contribution in [1.82, 2.24) is 10.2 Å². The zero-order chi connectivity index (χ0) is 29.0. The molecular formula is C30H55BN2O5S. The monoisotopic (exact) mass is 566 g/mol. The van der Waals surface area contributed by atoms with Gasteiger partial charge in [0.1, 0.15) is 0 Å². The summed E-state index contributed by atoms with van der Waals surface area (Å²) < 4.78 is 4.65. The number of rotatable bonds is 27. The maximum absolute atomic E-state index is 12.9. The molecule has 0 atom stereocenters. The molecule has 224 valence electrons. The van der Waals surface area contributed by atoms with Crippen LogP contribution in [0.5, 0.6) is 0 Å². The molecule has 0 radical (unpaired) electrons. The van der Waals surface area contributed by atoms with Crippen molar-refractivity contribution in [2.45, 2.75) is 155 Å². The number of unbranched alkanes of at least 4 members (excludes halogenated alkanes) is 14. The van der Waals surface area contributed by atoms with E-state index < -0.39 is 0 Å². The summed E-state index contributed by atoms with van der Waals surface area (Å²) in [5.74, 6) is -0.435. The Morgan fingerprint density at radius 1 is 0.615 bits per heavy atom.